The van der Waals surface area contributed by atoms with Crippen LogP contribution in [0.1, 0.15) is 10.4 Å². The minimum absolute atomic E-state index is 0.206. The quantitative estimate of drug-likeness (QED) is 0.471. The maximum absolute atomic E-state index is 13.6. The highest BCUT2D eigenvalue weighted by atomic mass is 79.9. The highest BCUT2D eigenvalue weighted by Crippen LogP contribution is 2.32. The normalized spacial score (nSPS) is 10.3. The van der Waals surface area contributed by atoms with E-state index in [-0.39, 0.29) is 10.7 Å². The molecule has 0 saturated heterocycles. The highest BCUT2D eigenvalue weighted by Gasteiger charge is 2.19. The topological polar surface area (TPSA) is 67.4 Å². The molecule has 0 unspecified atom stereocenters. The lowest BCUT2D eigenvalue weighted by Crippen LogP contribution is -2.35. The van der Waals surface area contributed by atoms with Gasteiger partial charge in [-0.15, -0.1) is 0 Å². The van der Waals surface area contributed by atoms with Gasteiger partial charge in [0.05, 0.1) is 5.02 Å². The molecule has 2 N–H and O–H groups in total. The van der Waals surface area contributed by atoms with E-state index in [1.807, 2.05) is 5.32 Å². The standard InChI is InChI=1S/C20H12BrClF2N2O3/c21-11-4-7-13(8-5-11)29-17-9-6-12(10-14(17)22)25-20(28)26-19(27)18-15(23)2-1-3-16(18)24/h1-10H,(H2,25,26,27,28). The molecule has 3 aromatic carbocycles. The van der Waals surface area contributed by atoms with Gasteiger partial charge in [-0.05, 0) is 54.6 Å². The molecular formula is C20H12BrClF2N2O3. The van der Waals surface area contributed by atoms with Crippen molar-refractivity contribution in [2.75, 3.05) is 5.32 Å². The third-order valence-corrected chi connectivity index (χ3v) is 4.47. The van der Waals surface area contributed by atoms with Crippen LogP contribution in [0.15, 0.2) is 65.1 Å². The molecule has 0 aromatic heterocycles. The lowest BCUT2D eigenvalue weighted by atomic mass is 10.2. The molecule has 3 amide bonds. The van der Waals surface area contributed by atoms with Crippen LogP contribution in [0.3, 0.4) is 0 Å². The van der Waals surface area contributed by atoms with E-state index in [1.54, 1.807) is 24.3 Å². The first-order valence-electron chi connectivity index (χ1n) is 8.13. The van der Waals surface area contributed by atoms with Gasteiger partial charge < -0.3 is 10.1 Å². The van der Waals surface area contributed by atoms with Crippen LogP contribution in [-0.2, 0) is 0 Å². The molecule has 0 aliphatic rings. The Morgan fingerprint density at radius 3 is 2.24 bits per heavy atom. The average molecular weight is 482 g/mol. The highest BCUT2D eigenvalue weighted by molar-refractivity contribution is 9.10. The number of nitrogens with one attached hydrogen (secondary N) is 2. The van der Waals surface area contributed by atoms with Gasteiger partial charge in [-0.2, -0.15) is 0 Å². The number of ether oxygens (including phenoxy) is 1. The fourth-order valence-electron chi connectivity index (χ4n) is 2.33. The molecule has 5 nitrogen and oxygen atoms in total. The third kappa shape index (κ3) is 5.30. The number of carbonyl (C=O) groups is 2. The second-order valence-corrected chi connectivity index (χ2v) is 7.03. The molecule has 0 radical (unpaired) electrons. The van der Waals surface area contributed by atoms with Crippen molar-refractivity contribution < 1.29 is 23.1 Å². The smallest absolute Gasteiger partial charge is 0.326 e. The number of imide groups is 1. The molecule has 9 heteroatoms. The number of benzene rings is 3. The molecule has 0 bridgehead atoms. The second-order valence-electron chi connectivity index (χ2n) is 5.71. The lowest BCUT2D eigenvalue weighted by Gasteiger charge is -2.11. The molecule has 29 heavy (non-hydrogen) atoms. The molecule has 0 fully saturated rings. The number of halogens is 4. The van der Waals surface area contributed by atoms with E-state index in [1.165, 1.54) is 18.2 Å². The fourth-order valence-corrected chi connectivity index (χ4v) is 2.82. The Balaban J connectivity index is 1.65. The van der Waals surface area contributed by atoms with Crippen LogP contribution in [0.2, 0.25) is 5.02 Å². The number of anilines is 1. The third-order valence-electron chi connectivity index (χ3n) is 3.65. The van der Waals surface area contributed by atoms with Gasteiger partial charge in [0.25, 0.3) is 5.91 Å². The minimum atomic E-state index is -1.21. The van der Waals surface area contributed by atoms with Crippen LogP contribution >= 0.6 is 27.5 Å². The van der Waals surface area contributed by atoms with Gasteiger partial charge in [0.15, 0.2) is 0 Å². The summed E-state index contributed by atoms with van der Waals surface area (Å²) in [6.45, 7) is 0. The summed E-state index contributed by atoms with van der Waals surface area (Å²) >= 11 is 9.49. The van der Waals surface area contributed by atoms with Crippen molar-refractivity contribution in [1.82, 2.24) is 5.32 Å². The first-order chi connectivity index (χ1) is 13.8. The van der Waals surface area contributed by atoms with E-state index in [9.17, 15) is 18.4 Å². The summed E-state index contributed by atoms with van der Waals surface area (Å²) in [6, 6.07) is 13.5. The van der Waals surface area contributed by atoms with Gasteiger partial charge in [0.1, 0.15) is 28.7 Å². The number of rotatable bonds is 4. The molecule has 0 heterocycles. The van der Waals surface area contributed by atoms with E-state index < -0.39 is 29.1 Å². The Bertz CT molecular complexity index is 1060. The summed E-state index contributed by atoms with van der Waals surface area (Å²) in [5.74, 6) is -2.45. The Morgan fingerprint density at radius 1 is 0.966 bits per heavy atom. The van der Waals surface area contributed by atoms with Gasteiger partial charge >= 0.3 is 6.03 Å². The Morgan fingerprint density at radius 2 is 1.62 bits per heavy atom. The summed E-state index contributed by atoms with van der Waals surface area (Å²) in [5.41, 5.74) is -0.601. The van der Waals surface area contributed by atoms with Crippen LogP contribution in [-0.4, -0.2) is 11.9 Å². The molecule has 3 rings (SSSR count). The number of amides is 3. The average Bonchev–Trinajstić information content (AvgIpc) is 2.65. The van der Waals surface area contributed by atoms with Crippen molar-refractivity contribution in [3.8, 4) is 11.5 Å². The zero-order valence-corrected chi connectivity index (χ0v) is 16.9. The maximum Gasteiger partial charge on any atom is 0.326 e. The van der Waals surface area contributed by atoms with Gasteiger partial charge in [-0.1, -0.05) is 33.6 Å². The Hall–Kier alpha value is -2.97. The van der Waals surface area contributed by atoms with Crippen molar-refractivity contribution in [2.45, 2.75) is 0 Å². The van der Waals surface area contributed by atoms with Crippen molar-refractivity contribution in [2.24, 2.45) is 0 Å². The van der Waals surface area contributed by atoms with Gasteiger partial charge in [-0.3, -0.25) is 10.1 Å². The van der Waals surface area contributed by atoms with E-state index in [4.69, 9.17) is 16.3 Å². The van der Waals surface area contributed by atoms with Crippen molar-refractivity contribution >= 4 is 45.2 Å². The van der Waals surface area contributed by atoms with E-state index in [2.05, 4.69) is 21.2 Å². The van der Waals surface area contributed by atoms with E-state index in [0.29, 0.717) is 11.5 Å². The summed E-state index contributed by atoms with van der Waals surface area (Å²) in [5, 5.41) is 4.42. The van der Waals surface area contributed by atoms with Crippen LogP contribution in [0, 0.1) is 11.6 Å². The second kappa shape index (κ2) is 9.02. The number of urea groups is 1. The fraction of sp³-hybridized carbons (Fsp3) is 0. The lowest BCUT2D eigenvalue weighted by molar-refractivity contribution is 0.0959. The van der Waals surface area contributed by atoms with Crippen molar-refractivity contribution in [1.29, 1.82) is 0 Å². The molecule has 0 saturated carbocycles. The summed E-state index contributed by atoms with van der Waals surface area (Å²) in [4.78, 5) is 23.9. The Labute approximate surface area is 177 Å². The van der Waals surface area contributed by atoms with Crippen LogP contribution in [0.5, 0.6) is 11.5 Å². The summed E-state index contributed by atoms with van der Waals surface area (Å²) in [7, 11) is 0. The molecule has 0 spiro atoms. The predicted octanol–water partition coefficient (Wildman–Crippen LogP) is 6.13. The van der Waals surface area contributed by atoms with Gasteiger partial charge in [0, 0.05) is 10.2 Å². The predicted molar refractivity (Wildman–Crippen MR) is 109 cm³/mol. The molecule has 0 aliphatic carbocycles. The first kappa shape index (κ1) is 20.8. The summed E-state index contributed by atoms with van der Waals surface area (Å²) < 4.78 is 33.8. The van der Waals surface area contributed by atoms with Crippen molar-refractivity contribution in [3.05, 3.63) is 87.4 Å². The zero-order chi connectivity index (χ0) is 21.0. The molecule has 3 aromatic rings. The zero-order valence-electron chi connectivity index (χ0n) is 14.5. The Kier molecular flexibility index (Phi) is 6.46. The SMILES string of the molecule is O=C(NC(=O)c1c(F)cccc1F)Nc1ccc(Oc2ccc(Br)cc2)c(Cl)c1. The van der Waals surface area contributed by atoms with Crippen LogP contribution < -0.4 is 15.4 Å². The number of hydrogen-bond donors (Lipinski definition) is 2. The summed E-state index contributed by atoms with van der Waals surface area (Å²) in [6.07, 6.45) is 0. The monoisotopic (exact) mass is 480 g/mol. The van der Waals surface area contributed by atoms with Crippen LogP contribution in [0.4, 0.5) is 19.3 Å². The number of carbonyl (C=O) groups excluding carboxylic acids is 2. The van der Waals surface area contributed by atoms with Gasteiger partial charge in [-0.25, -0.2) is 13.6 Å². The van der Waals surface area contributed by atoms with Gasteiger partial charge in [0.2, 0.25) is 0 Å². The molecule has 0 atom stereocenters. The first-order valence-corrected chi connectivity index (χ1v) is 9.30. The molecule has 0 aliphatic heterocycles. The van der Waals surface area contributed by atoms with Crippen molar-refractivity contribution in [3.63, 3.8) is 0 Å². The van der Waals surface area contributed by atoms with Crippen LogP contribution in [0.25, 0.3) is 0 Å². The minimum Gasteiger partial charge on any atom is -0.456 e. The molecular weight excluding hydrogens is 470 g/mol. The number of hydrogen-bond acceptors (Lipinski definition) is 3. The molecule has 148 valence electrons. The maximum atomic E-state index is 13.6. The van der Waals surface area contributed by atoms with E-state index >= 15 is 0 Å². The van der Waals surface area contributed by atoms with E-state index in [0.717, 1.165) is 22.7 Å². The largest absolute Gasteiger partial charge is 0.456 e.